The standard InChI is InChI=1S/C17H13N3O4S2/c21-14(19-16(23)18-11-5-2-1-3-6-11)10-20-15(22)13(26-17(20)24)9-12-7-4-8-25-12/h1-9H,10H2,(H2,18,19,21,23)/b13-9-. The molecule has 3 rings (SSSR count). The van der Waals surface area contributed by atoms with Gasteiger partial charge in [-0.05, 0) is 41.4 Å². The first kappa shape index (κ1) is 17.9. The fourth-order valence-electron chi connectivity index (χ4n) is 2.13. The normalized spacial score (nSPS) is 15.4. The minimum Gasteiger partial charge on any atom is -0.308 e. The van der Waals surface area contributed by atoms with Gasteiger partial charge in [0.1, 0.15) is 6.54 Å². The van der Waals surface area contributed by atoms with Crippen molar-refractivity contribution in [1.29, 1.82) is 0 Å². The Morgan fingerprint density at radius 1 is 1.08 bits per heavy atom. The summed E-state index contributed by atoms with van der Waals surface area (Å²) in [7, 11) is 0. The molecule has 1 aliphatic heterocycles. The zero-order chi connectivity index (χ0) is 18.5. The fraction of sp³-hybridized carbons (Fsp3) is 0.0588. The van der Waals surface area contributed by atoms with E-state index in [0.29, 0.717) is 5.69 Å². The molecule has 0 bridgehead atoms. The van der Waals surface area contributed by atoms with E-state index in [9.17, 15) is 19.2 Å². The number of thioether (sulfide) groups is 1. The van der Waals surface area contributed by atoms with Crippen molar-refractivity contribution in [3.8, 4) is 0 Å². The molecule has 26 heavy (non-hydrogen) atoms. The summed E-state index contributed by atoms with van der Waals surface area (Å²) in [4.78, 5) is 49.9. The lowest BCUT2D eigenvalue weighted by atomic mass is 10.3. The predicted molar refractivity (Wildman–Crippen MR) is 101 cm³/mol. The van der Waals surface area contributed by atoms with Crippen molar-refractivity contribution in [2.24, 2.45) is 0 Å². The number of nitrogens with one attached hydrogen (secondary N) is 2. The van der Waals surface area contributed by atoms with Gasteiger partial charge in [-0.15, -0.1) is 11.3 Å². The molecule has 0 unspecified atom stereocenters. The first-order valence-electron chi connectivity index (χ1n) is 7.47. The summed E-state index contributed by atoms with van der Waals surface area (Å²) in [6.07, 6.45) is 1.61. The van der Waals surface area contributed by atoms with E-state index in [1.54, 1.807) is 36.4 Å². The number of benzene rings is 1. The van der Waals surface area contributed by atoms with Crippen molar-refractivity contribution in [1.82, 2.24) is 10.2 Å². The van der Waals surface area contributed by atoms with Gasteiger partial charge in [0, 0.05) is 10.6 Å². The first-order valence-corrected chi connectivity index (χ1v) is 9.17. The number of amides is 5. The highest BCUT2D eigenvalue weighted by Crippen LogP contribution is 2.32. The summed E-state index contributed by atoms with van der Waals surface area (Å²) in [5.41, 5.74) is 0.517. The van der Waals surface area contributed by atoms with Crippen molar-refractivity contribution in [3.05, 3.63) is 57.6 Å². The number of imide groups is 2. The summed E-state index contributed by atoms with van der Waals surface area (Å²) in [6, 6.07) is 11.5. The topological polar surface area (TPSA) is 95.6 Å². The van der Waals surface area contributed by atoms with Crippen LogP contribution in [0.2, 0.25) is 0 Å². The third kappa shape index (κ3) is 4.38. The number of anilines is 1. The Hall–Kier alpha value is -2.91. The van der Waals surface area contributed by atoms with Crippen molar-refractivity contribution in [2.45, 2.75) is 0 Å². The second kappa shape index (κ2) is 7.98. The molecule has 0 radical (unpaired) electrons. The minimum atomic E-state index is -0.752. The van der Waals surface area contributed by atoms with E-state index < -0.39 is 29.6 Å². The van der Waals surface area contributed by atoms with E-state index in [2.05, 4.69) is 10.6 Å². The number of thiophene rings is 1. The summed E-state index contributed by atoms with van der Waals surface area (Å²) < 4.78 is 0. The van der Waals surface area contributed by atoms with Crippen LogP contribution in [0.3, 0.4) is 0 Å². The molecule has 2 N–H and O–H groups in total. The zero-order valence-electron chi connectivity index (χ0n) is 13.3. The number of hydrogen-bond donors (Lipinski definition) is 2. The molecule has 1 aromatic carbocycles. The van der Waals surface area contributed by atoms with Gasteiger partial charge in [0.15, 0.2) is 0 Å². The van der Waals surface area contributed by atoms with E-state index in [1.165, 1.54) is 11.3 Å². The maximum absolute atomic E-state index is 12.3. The van der Waals surface area contributed by atoms with Gasteiger partial charge >= 0.3 is 6.03 Å². The Bertz CT molecular complexity index is 879. The van der Waals surface area contributed by atoms with Crippen LogP contribution in [0.25, 0.3) is 6.08 Å². The van der Waals surface area contributed by atoms with E-state index in [-0.39, 0.29) is 4.91 Å². The van der Waals surface area contributed by atoms with Gasteiger partial charge in [-0.3, -0.25) is 24.6 Å². The summed E-state index contributed by atoms with van der Waals surface area (Å²) in [5, 5.41) is 5.89. The number of rotatable bonds is 4. The molecule has 132 valence electrons. The SMILES string of the molecule is O=C(CN1C(=O)S/C(=C\c2cccs2)C1=O)NC(=O)Nc1ccccc1. The molecular formula is C17H13N3O4S2. The average molecular weight is 387 g/mol. The van der Waals surface area contributed by atoms with Gasteiger partial charge in [0.05, 0.1) is 4.91 Å². The molecule has 1 aromatic heterocycles. The Morgan fingerprint density at radius 3 is 2.54 bits per heavy atom. The molecule has 7 nitrogen and oxygen atoms in total. The van der Waals surface area contributed by atoms with E-state index in [0.717, 1.165) is 21.5 Å². The van der Waals surface area contributed by atoms with Crippen LogP contribution in [-0.2, 0) is 9.59 Å². The average Bonchev–Trinajstić information content (AvgIpc) is 3.20. The summed E-state index contributed by atoms with van der Waals surface area (Å²) in [5.74, 6) is -1.30. The van der Waals surface area contributed by atoms with E-state index >= 15 is 0 Å². The minimum absolute atomic E-state index is 0.249. The number of hydrogen-bond acceptors (Lipinski definition) is 6. The quantitative estimate of drug-likeness (QED) is 0.786. The van der Waals surface area contributed by atoms with Crippen LogP contribution >= 0.6 is 23.1 Å². The zero-order valence-corrected chi connectivity index (χ0v) is 14.9. The lowest BCUT2D eigenvalue weighted by Gasteiger charge is -2.12. The first-order chi connectivity index (χ1) is 12.5. The summed E-state index contributed by atoms with van der Waals surface area (Å²) in [6.45, 7) is -0.519. The van der Waals surface area contributed by atoms with E-state index in [4.69, 9.17) is 0 Å². The van der Waals surface area contributed by atoms with Crippen LogP contribution < -0.4 is 10.6 Å². The molecule has 0 spiro atoms. The Labute approximate surface area is 157 Å². The van der Waals surface area contributed by atoms with Gasteiger partial charge in [0.25, 0.3) is 11.1 Å². The van der Waals surface area contributed by atoms with Gasteiger partial charge < -0.3 is 5.32 Å². The summed E-state index contributed by atoms with van der Waals surface area (Å²) >= 11 is 2.20. The largest absolute Gasteiger partial charge is 0.325 e. The third-order valence-electron chi connectivity index (χ3n) is 3.28. The maximum Gasteiger partial charge on any atom is 0.325 e. The lowest BCUT2D eigenvalue weighted by molar-refractivity contribution is -0.128. The fourth-order valence-corrected chi connectivity index (χ4v) is 3.69. The van der Waals surface area contributed by atoms with Crippen LogP contribution in [0.4, 0.5) is 15.3 Å². The number of carbonyl (C=O) groups is 4. The van der Waals surface area contributed by atoms with Crippen LogP contribution in [-0.4, -0.2) is 34.5 Å². The molecule has 2 aromatic rings. The molecule has 2 heterocycles. The molecule has 0 aliphatic carbocycles. The second-order valence-corrected chi connectivity index (χ2v) is 7.12. The molecule has 1 fully saturated rings. The predicted octanol–water partition coefficient (Wildman–Crippen LogP) is 3.13. The second-order valence-electron chi connectivity index (χ2n) is 5.15. The smallest absolute Gasteiger partial charge is 0.308 e. The Morgan fingerprint density at radius 2 is 1.85 bits per heavy atom. The maximum atomic E-state index is 12.3. The molecular weight excluding hydrogens is 374 g/mol. The number of carbonyl (C=O) groups excluding carboxylic acids is 4. The van der Waals surface area contributed by atoms with Crippen molar-refractivity contribution >= 4 is 57.9 Å². The van der Waals surface area contributed by atoms with Crippen molar-refractivity contribution < 1.29 is 19.2 Å². The molecule has 0 saturated carbocycles. The van der Waals surface area contributed by atoms with Gasteiger partial charge in [-0.2, -0.15) is 0 Å². The lowest BCUT2D eigenvalue weighted by Crippen LogP contribution is -2.43. The van der Waals surface area contributed by atoms with Crippen LogP contribution in [0.5, 0.6) is 0 Å². The van der Waals surface area contributed by atoms with Crippen LogP contribution in [0.15, 0.2) is 52.7 Å². The van der Waals surface area contributed by atoms with Crippen molar-refractivity contribution in [3.63, 3.8) is 0 Å². The Balaban J connectivity index is 1.58. The molecule has 1 saturated heterocycles. The highest BCUT2D eigenvalue weighted by atomic mass is 32.2. The molecule has 0 atom stereocenters. The van der Waals surface area contributed by atoms with Gasteiger partial charge in [-0.25, -0.2) is 4.79 Å². The van der Waals surface area contributed by atoms with E-state index in [1.807, 2.05) is 17.5 Å². The molecule has 1 aliphatic rings. The highest BCUT2D eigenvalue weighted by Gasteiger charge is 2.36. The number of para-hydroxylation sites is 1. The van der Waals surface area contributed by atoms with Crippen molar-refractivity contribution in [2.75, 3.05) is 11.9 Å². The molecule has 9 heteroatoms. The van der Waals surface area contributed by atoms with Crippen LogP contribution in [0.1, 0.15) is 4.88 Å². The van der Waals surface area contributed by atoms with Crippen LogP contribution in [0, 0.1) is 0 Å². The highest BCUT2D eigenvalue weighted by molar-refractivity contribution is 8.18. The van der Waals surface area contributed by atoms with Gasteiger partial charge in [-0.1, -0.05) is 24.3 Å². The Kier molecular flexibility index (Phi) is 5.49. The third-order valence-corrected chi connectivity index (χ3v) is 5.00. The monoisotopic (exact) mass is 387 g/mol. The molecule has 5 amide bonds. The number of urea groups is 1. The number of nitrogens with zero attached hydrogens (tertiary/aromatic N) is 1. The van der Waals surface area contributed by atoms with Gasteiger partial charge in [0.2, 0.25) is 5.91 Å².